The fourth-order valence-electron chi connectivity index (χ4n) is 1.34. The van der Waals surface area contributed by atoms with Crippen molar-refractivity contribution in [3.63, 3.8) is 0 Å². The van der Waals surface area contributed by atoms with E-state index < -0.39 is 0 Å². The first-order valence-corrected chi connectivity index (χ1v) is 6.63. The Bertz CT molecular complexity index is 397. The van der Waals surface area contributed by atoms with Crippen LogP contribution < -0.4 is 5.32 Å². The maximum absolute atomic E-state index is 5.97. The summed E-state index contributed by atoms with van der Waals surface area (Å²) in [6.07, 6.45) is 2.60. The molecular weight excluding hydrogens is 282 g/mol. The molecule has 1 aliphatic carbocycles. The summed E-state index contributed by atoms with van der Waals surface area (Å²) in [7, 11) is 0. The summed E-state index contributed by atoms with van der Waals surface area (Å²) in [4.78, 5) is 4.05. The SMILES string of the molecule is Clc1cc(Cl)c(NCCOCC2CC2)nc1Cl. The van der Waals surface area contributed by atoms with Gasteiger partial charge in [-0.2, -0.15) is 0 Å². The molecule has 6 heteroatoms. The minimum absolute atomic E-state index is 0.248. The molecular formula is C11H13Cl3N2O. The summed E-state index contributed by atoms with van der Waals surface area (Å²) in [5.74, 6) is 1.32. The van der Waals surface area contributed by atoms with Crippen molar-refractivity contribution in [3.05, 3.63) is 21.3 Å². The second kappa shape index (κ2) is 6.10. The molecule has 1 saturated carbocycles. The summed E-state index contributed by atoms with van der Waals surface area (Å²) in [6.45, 7) is 2.14. The smallest absolute Gasteiger partial charge is 0.150 e. The van der Waals surface area contributed by atoms with Crippen LogP contribution in [0.2, 0.25) is 15.2 Å². The average Bonchev–Trinajstić information content (AvgIpc) is 3.08. The van der Waals surface area contributed by atoms with Gasteiger partial charge in [-0.3, -0.25) is 0 Å². The van der Waals surface area contributed by atoms with Crippen molar-refractivity contribution < 1.29 is 4.74 Å². The molecule has 1 fully saturated rings. The van der Waals surface area contributed by atoms with Crippen LogP contribution in [0.4, 0.5) is 5.82 Å². The van der Waals surface area contributed by atoms with Crippen LogP contribution in [0.5, 0.6) is 0 Å². The molecule has 0 spiro atoms. The van der Waals surface area contributed by atoms with Crippen LogP contribution in [0, 0.1) is 5.92 Å². The van der Waals surface area contributed by atoms with E-state index >= 15 is 0 Å². The number of halogens is 3. The number of nitrogens with zero attached hydrogens (tertiary/aromatic N) is 1. The summed E-state index contributed by atoms with van der Waals surface area (Å²) in [5.41, 5.74) is 0. The number of pyridine rings is 1. The molecule has 0 saturated heterocycles. The first-order chi connectivity index (χ1) is 8.16. The fourth-order valence-corrected chi connectivity index (χ4v) is 1.91. The van der Waals surface area contributed by atoms with Crippen molar-refractivity contribution in [2.45, 2.75) is 12.8 Å². The van der Waals surface area contributed by atoms with Crippen molar-refractivity contribution in [1.82, 2.24) is 4.98 Å². The van der Waals surface area contributed by atoms with Gasteiger partial charge in [0.15, 0.2) is 0 Å². The zero-order chi connectivity index (χ0) is 12.3. The number of ether oxygens (including phenoxy) is 1. The van der Waals surface area contributed by atoms with E-state index in [1.165, 1.54) is 12.8 Å². The van der Waals surface area contributed by atoms with Gasteiger partial charge in [-0.25, -0.2) is 4.98 Å². The molecule has 1 N–H and O–H groups in total. The van der Waals surface area contributed by atoms with Crippen LogP contribution in [-0.4, -0.2) is 24.7 Å². The van der Waals surface area contributed by atoms with Crippen molar-refractivity contribution in [2.24, 2.45) is 5.92 Å². The van der Waals surface area contributed by atoms with Gasteiger partial charge in [0.2, 0.25) is 0 Å². The molecule has 94 valence electrons. The number of aromatic nitrogens is 1. The highest BCUT2D eigenvalue weighted by atomic mass is 35.5. The molecule has 1 aromatic heterocycles. The minimum Gasteiger partial charge on any atom is -0.379 e. The molecule has 1 aromatic rings. The van der Waals surface area contributed by atoms with Crippen molar-refractivity contribution in [3.8, 4) is 0 Å². The van der Waals surface area contributed by atoms with E-state index in [-0.39, 0.29) is 5.15 Å². The average molecular weight is 296 g/mol. The lowest BCUT2D eigenvalue weighted by molar-refractivity contribution is 0.134. The maximum Gasteiger partial charge on any atom is 0.150 e. The molecule has 2 rings (SSSR count). The highest BCUT2D eigenvalue weighted by Gasteiger charge is 2.20. The Morgan fingerprint density at radius 1 is 1.29 bits per heavy atom. The topological polar surface area (TPSA) is 34.1 Å². The third-order valence-electron chi connectivity index (χ3n) is 2.48. The van der Waals surface area contributed by atoms with E-state index in [0.29, 0.717) is 29.0 Å². The van der Waals surface area contributed by atoms with Crippen molar-refractivity contribution in [1.29, 1.82) is 0 Å². The van der Waals surface area contributed by atoms with Crippen LogP contribution in [0.15, 0.2) is 6.07 Å². The number of rotatable bonds is 6. The molecule has 0 bridgehead atoms. The molecule has 1 heterocycles. The Balaban J connectivity index is 1.75. The molecule has 17 heavy (non-hydrogen) atoms. The van der Waals surface area contributed by atoms with E-state index in [9.17, 15) is 0 Å². The lowest BCUT2D eigenvalue weighted by Gasteiger charge is -2.08. The number of nitrogens with one attached hydrogen (secondary N) is 1. The summed E-state index contributed by atoms with van der Waals surface area (Å²) in [5, 5.41) is 4.13. The van der Waals surface area contributed by atoms with Crippen LogP contribution in [0.1, 0.15) is 12.8 Å². The van der Waals surface area contributed by atoms with Crippen molar-refractivity contribution >= 4 is 40.6 Å². The van der Waals surface area contributed by atoms with Gasteiger partial charge >= 0.3 is 0 Å². The molecule has 0 radical (unpaired) electrons. The largest absolute Gasteiger partial charge is 0.379 e. The second-order valence-electron chi connectivity index (χ2n) is 4.04. The standard InChI is InChI=1S/C11H13Cl3N2O/c12-8-5-9(13)11(16-10(8)14)15-3-4-17-6-7-1-2-7/h5,7H,1-4,6H2,(H,15,16). The Morgan fingerprint density at radius 3 is 2.76 bits per heavy atom. The van der Waals surface area contributed by atoms with Crippen LogP contribution in [0.3, 0.4) is 0 Å². The Morgan fingerprint density at radius 2 is 2.06 bits per heavy atom. The van der Waals surface area contributed by atoms with Crippen molar-refractivity contribution in [2.75, 3.05) is 25.1 Å². The first kappa shape index (κ1) is 13.2. The molecule has 1 aliphatic rings. The van der Waals surface area contributed by atoms with Gasteiger partial charge in [0, 0.05) is 13.2 Å². The van der Waals surface area contributed by atoms with E-state index in [0.717, 1.165) is 12.5 Å². The molecule has 0 atom stereocenters. The summed E-state index contributed by atoms with van der Waals surface area (Å²) >= 11 is 17.5. The molecule has 3 nitrogen and oxygen atoms in total. The molecule has 0 unspecified atom stereocenters. The zero-order valence-corrected chi connectivity index (χ0v) is 11.4. The van der Waals surface area contributed by atoms with Gasteiger partial charge in [0.1, 0.15) is 11.0 Å². The van der Waals surface area contributed by atoms with E-state index in [1.54, 1.807) is 6.07 Å². The summed E-state index contributed by atoms with van der Waals surface area (Å²) in [6, 6.07) is 1.58. The molecule has 0 aliphatic heterocycles. The Labute approximate surface area is 115 Å². The van der Waals surface area contributed by atoms with E-state index in [1.807, 2.05) is 0 Å². The maximum atomic E-state index is 5.97. The minimum atomic E-state index is 0.248. The van der Waals surface area contributed by atoms with Gasteiger partial charge in [0.05, 0.1) is 16.7 Å². The second-order valence-corrected chi connectivity index (χ2v) is 5.21. The molecule has 0 aromatic carbocycles. The van der Waals surface area contributed by atoms with E-state index in [2.05, 4.69) is 10.3 Å². The number of hydrogen-bond donors (Lipinski definition) is 1. The summed E-state index contributed by atoms with van der Waals surface area (Å²) < 4.78 is 5.48. The third kappa shape index (κ3) is 4.18. The third-order valence-corrected chi connectivity index (χ3v) is 3.44. The van der Waals surface area contributed by atoms with Gasteiger partial charge in [-0.1, -0.05) is 34.8 Å². The van der Waals surface area contributed by atoms with Crippen LogP contribution in [-0.2, 0) is 4.74 Å². The number of anilines is 1. The zero-order valence-electron chi connectivity index (χ0n) is 9.18. The highest BCUT2D eigenvalue weighted by molar-refractivity contribution is 6.42. The number of hydrogen-bond acceptors (Lipinski definition) is 3. The predicted octanol–water partition coefficient (Wildman–Crippen LogP) is 3.88. The Hall–Kier alpha value is -0.220. The highest BCUT2D eigenvalue weighted by Crippen LogP contribution is 2.29. The lowest BCUT2D eigenvalue weighted by Crippen LogP contribution is -2.11. The predicted molar refractivity (Wildman–Crippen MR) is 71.3 cm³/mol. The van der Waals surface area contributed by atoms with Gasteiger partial charge in [-0.15, -0.1) is 0 Å². The van der Waals surface area contributed by atoms with Gasteiger partial charge in [-0.05, 0) is 24.8 Å². The first-order valence-electron chi connectivity index (χ1n) is 5.50. The van der Waals surface area contributed by atoms with Crippen LogP contribution in [0.25, 0.3) is 0 Å². The van der Waals surface area contributed by atoms with Gasteiger partial charge in [0.25, 0.3) is 0 Å². The lowest BCUT2D eigenvalue weighted by atomic mass is 10.4. The Kier molecular flexibility index (Phi) is 4.74. The normalized spacial score (nSPS) is 15.0. The van der Waals surface area contributed by atoms with Gasteiger partial charge < -0.3 is 10.1 Å². The van der Waals surface area contributed by atoms with Crippen LogP contribution >= 0.6 is 34.8 Å². The molecule has 0 amide bonds. The quantitative estimate of drug-likeness (QED) is 0.639. The monoisotopic (exact) mass is 294 g/mol. The fraction of sp³-hybridized carbons (Fsp3) is 0.545. The van der Waals surface area contributed by atoms with E-state index in [4.69, 9.17) is 39.5 Å².